The van der Waals surface area contributed by atoms with E-state index in [1.165, 1.54) is 11.0 Å². The number of anilines is 1. The van der Waals surface area contributed by atoms with E-state index in [4.69, 9.17) is 0 Å². The topological polar surface area (TPSA) is 67.2 Å². The molecule has 30 heavy (non-hydrogen) atoms. The zero-order valence-electron chi connectivity index (χ0n) is 16.1. The van der Waals surface area contributed by atoms with Crippen molar-refractivity contribution in [3.05, 3.63) is 83.4 Å². The number of nitrogens with zero attached hydrogens (tertiary/aromatic N) is 3. The molecule has 3 aromatic rings. The van der Waals surface area contributed by atoms with Crippen molar-refractivity contribution < 1.29 is 18.4 Å². The highest BCUT2D eigenvalue weighted by Crippen LogP contribution is 2.54. The van der Waals surface area contributed by atoms with Crippen LogP contribution >= 0.6 is 0 Å². The van der Waals surface area contributed by atoms with E-state index in [2.05, 4.69) is 10.3 Å². The fraction of sp³-hybridized carbons (Fsp3) is 0.227. The van der Waals surface area contributed by atoms with Crippen LogP contribution in [-0.4, -0.2) is 32.8 Å². The maximum absolute atomic E-state index is 14.4. The van der Waals surface area contributed by atoms with Crippen LogP contribution in [0.5, 0.6) is 0 Å². The van der Waals surface area contributed by atoms with Crippen molar-refractivity contribution in [2.75, 3.05) is 11.9 Å². The molecule has 0 unspecified atom stereocenters. The Bertz CT molecular complexity index is 1170. The lowest BCUT2D eigenvalue weighted by Gasteiger charge is -2.33. The maximum atomic E-state index is 14.4. The van der Waals surface area contributed by atoms with Crippen molar-refractivity contribution in [2.45, 2.75) is 17.9 Å². The highest BCUT2D eigenvalue weighted by molar-refractivity contribution is 6.08. The number of likely N-dealkylation sites (tertiary alicyclic amines) is 1. The molecule has 1 saturated heterocycles. The summed E-state index contributed by atoms with van der Waals surface area (Å²) in [6.07, 6.45) is 3.61. The van der Waals surface area contributed by atoms with Gasteiger partial charge in [-0.1, -0.05) is 24.3 Å². The van der Waals surface area contributed by atoms with Gasteiger partial charge < -0.3 is 14.8 Å². The summed E-state index contributed by atoms with van der Waals surface area (Å²) in [5, 5.41) is 2.90. The molecule has 0 aliphatic carbocycles. The molecule has 2 aliphatic rings. The molecule has 1 spiro atoms. The van der Waals surface area contributed by atoms with E-state index in [-0.39, 0.29) is 12.5 Å². The third-order valence-electron chi connectivity index (χ3n) is 6.13. The maximum Gasteiger partial charge on any atom is 0.260 e. The minimum Gasteiger partial charge on any atom is -0.336 e. The first-order valence-corrected chi connectivity index (χ1v) is 9.58. The number of carbonyl (C=O) groups excluding carboxylic acids is 2. The number of halogens is 2. The Balaban J connectivity index is 1.70. The number of hydrogen-bond acceptors (Lipinski definition) is 3. The number of hydrogen-bond donors (Lipinski definition) is 1. The first kappa shape index (κ1) is 18.5. The van der Waals surface area contributed by atoms with Gasteiger partial charge in [0.2, 0.25) is 5.91 Å². The minimum atomic E-state index is -1.09. The molecule has 152 valence electrons. The van der Waals surface area contributed by atoms with E-state index in [1.54, 1.807) is 30.1 Å². The van der Waals surface area contributed by atoms with Crippen molar-refractivity contribution >= 4 is 17.5 Å². The van der Waals surface area contributed by atoms with Crippen LogP contribution in [0.25, 0.3) is 0 Å². The Labute approximate surface area is 171 Å². The lowest BCUT2D eigenvalue weighted by atomic mass is 9.74. The summed E-state index contributed by atoms with van der Waals surface area (Å²) < 4.78 is 30.5. The van der Waals surface area contributed by atoms with Crippen molar-refractivity contribution in [3.63, 3.8) is 0 Å². The minimum absolute atomic E-state index is 0.159. The monoisotopic (exact) mass is 408 g/mol. The van der Waals surface area contributed by atoms with Crippen molar-refractivity contribution in [1.82, 2.24) is 14.5 Å². The molecule has 6 nitrogen and oxygen atoms in total. The fourth-order valence-electron chi connectivity index (χ4n) is 4.75. The first-order valence-electron chi connectivity index (χ1n) is 9.58. The number of aromatic nitrogens is 2. The van der Waals surface area contributed by atoms with Gasteiger partial charge in [-0.25, -0.2) is 13.8 Å². The molecule has 5 rings (SSSR count). The molecule has 3 heterocycles. The predicted octanol–water partition coefficient (Wildman–Crippen LogP) is 3.18. The van der Waals surface area contributed by atoms with E-state index >= 15 is 0 Å². The van der Waals surface area contributed by atoms with E-state index in [0.717, 1.165) is 17.7 Å². The average molecular weight is 408 g/mol. The molecule has 8 heteroatoms. The van der Waals surface area contributed by atoms with Crippen LogP contribution in [0.15, 0.2) is 54.9 Å². The highest BCUT2D eigenvalue weighted by Gasteiger charge is 2.60. The van der Waals surface area contributed by atoms with Crippen LogP contribution in [0.1, 0.15) is 34.2 Å². The molecule has 0 radical (unpaired) electrons. The van der Waals surface area contributed by atoms with Gasteiger partial charge in [0.1, 0.15) is 34.5 Å². The van der Waals surface area contributed by atoms with Gasteiger partial charge in [-0.3, -0.25) is 9.59 Å². The summed E-state index contributed by atoms with van der Waals surface area (Å²) >= 11 is 0. The SMILES string of the molecule is Cn1ccnc1[C@@H]1N(C(=O)c2c(F)cccc2F)CC[C@]12C(=O)Nc1ccccc12. The van der Waals surface area contributed by atoms with Crippen molar-refractivity contribution in [2.24, 2.45) is 7.05 Å². The molecule has 1 aromatic heterocycles. The number of carbonyl (C=O) groups is 2. The van der Waals surface area contributed by atoms with Crippen LogP contribution in [0.2, 0.25) is 0 Å². The van der Waals surface area contributed by atoms with Gasteiger partial charge in [0.15, 0.2) is 0 Å². The van der Waals surface area contributed by atoms with Crippen molar-refractivity contribution in [3.8, 4) is 0 Å². The van der Waals surface area contributed by atoms with E-state index in [0.29, 0.717) is 17.9 Å². The molecule has 2 aromatic carbocycles. The number of imidazole rings is 1. The number of fused-ring (bicyclic) bond motifs is 2. The van der Waals surface area contributed by atoms with Gasteiger partial charge >= 0.3 is 0 Å². The van der Waals surface area contributed by atoms with Crippen LogP contribution in [-0.2, 0) is 17.3 Å². The third kappa shape index (κ3) is 2.36. The number of nitrogens with one attached hydrogen (secondary N) is 1. The van der Waals surface area contributed by atoms with Crippen LogP contribution < -0.4 is 5.32 Å². The summed E-state index contributed by atoms with van der Waals surface area (Å²) in [6.45, 7) is 0.159. The molecule has 0 saturated carbocycles. The van der Waals surface area contributed by atoms with Crippen molar-refractivity contribution in [1.29, 1.82) is 0 Å². The predicted molar refractivity (Wildman–Crippen MR) is 105 cm³/mol. The Hall–Kier alpha value is -3.55. The second-order valence-electron chi connectivity index (χ2n) is 7.62. The summed E-state index contributed by atoms with van der Waals surface area (Å²) in [5.74, 6) is -2.44. The normalized spacial score (nSPS) is 22.4. The van der Waals surface area contributed by atoms with Gasteiger partial charge in [0.25, 0.3) is 5.91 Å². The van der Waals surface area contributed by atoms with Crippen LogP contribution in [0.4, 0.5) is 14.5 Å². The summed E-state index contributed by atoms with van der Waals surface area (Å²) in [7, 11) is 1.76. The van der Waals surface area contributed by atoms with Crippen LogP contribution in [0, 0.1) is 11.6 Å². The van der Waals surface area contributed by atoms with Gasteiger partial charge in [0.05, 0.1) is 0 Å². The Morgan fingerprint density at radius 2 is 1.90 bits per heavy atom. The zero-order chi connectivity index (χ0) is 21.0. The van der Waals surface area contributed by atoms with E-state index in [9.17, 15) is 18.4 Å². The van der Waals surface area contributed by atoms with E-state index in [1.807, 2.05) is 18.2 Å². The molecule has 2 atom stereocenters. The van der Waals surface area contributed by atoms with Gasteiger partial charge in [-0.05, 0) is 30.2 Å². The molecule has 1 fully saturated rings. The molecular weight excluding hydrogens is 390 g/mol. The smallest absolute Gasteiger partial charge is 0.260 e. The second-order valence-corrected chi connectivity index (χ2v) is 7.62. The Kier molecular flexibility index (Phi) is 3.99. The standard InChI is InChI=1S/C22H18F2N4O2/c1-27-12-10-25-19(27)18-22(13-5-2-3-8-16(13)26-21(22)30)9-11-28(18)20(29)17-14(23)6-4-7-15(17)24/h2-8,10,12,18H,9,11H2,1H3,(H,26,30)/t18-,22+/m0/s1. The van der Waals surface area contributed by atoms with E-state index < -0.39 is 34.6 Å². The summed E-state index contributed by atoms with van der Waals surface area (Å²) in [4.78, 5) is 32.4. The Morgan fingerprint density at radius 1 is 1.17 bits per heavy atom. The summed E-state index contributed by atoms with van der Waals surface area (Å²) in [6, 6.07) is 9.80. The van der Waals surface area contributed by atoms with Gasteiger partial charge in [-0.15, -0.1) is 0 Å². The second kappa shape index (κ2) is 6.48. The van der Waals surface area contributed by atoms with Gasteiger partial charge in [-0.2, -0.15) is 0 Å². The largest absolute Gasteiger partial charge is 0.336 e. The fourth-order valence-corrected chi connectivity index (χ4v) is 4.75. The lowest BCUT2D eigenvalue weighted by molar-refractivity contribution is -0.121. The molecule has 2 amide bonds. The number of aryl methyl sites for hydroxylation is 1. The number of rotatable bonds is 2. The average Bonchev–Trinajstić information content (AvgIpc) is 3.39. The lowest BCUT2D eigenvalue weighted by Crippen LogP contribution is -2.44. The first-order chi connectivity index (χ1) is 14.4. The number of amides is 2. The number of para-hydroxylation sites is 1. The molecular formula is C22H18F2N4O2. The van der Waals surface area contributed by atoms with Crippen LogP contribution in [0.3, 0.4) is 0 Å². The highest BCUT2D eigenvalue weighted by atomic mass is 19.1. The van der Waals surface area contributed by atoms with Gasteiger partial charge in [0, 0.05) is 31.7 Å². The zero-order valence-corrected chi connectivity index (χ0v) is 16.1. The number of benzene rings is 2. The molecule has 1 N–H and O–H groups in total. The summed E-state index contributed by atoms with van der Waals surface area (Å²) in [5.41, 5.74) is -0.284. The Morgan fingerprint density at radius 3 is 2.60 bits per heavy atom. The quantitative estimate of drug-likeness (QED) is 0.708. The molecule has 0 bridgehead atoms. The molecule has 2 aliphatic heterocycles. The third-order valence-corrected chi connectivity index (χ3v) is 6.13.